The molecule has 0 amide bonds. The number of anilines is 1. The number of nitrogens with one attached hydrogen (secondary N) is 1. The first kappa shape index (κ1) is 18.2. The minimum atomic E-state index is 0.568. The predicted octanol–water partition coefficient (Wildman–Crippen LogP) is 6.15. The van der Waals surface area contributed by atoms with Gasteiger partial charge in [-0.25, -0.2) is 4.98 Å². The minimum Gasteiger partial charge on any atom is -0.367 e. The molecule has 29 heavy (non-hydrogen) atoms. The van der Waals surface area contributed by atoms with Gasteiger partial charge < -0.3 is 9.84 Å². The summed E-state index contributed by atoms with van der Waals surface area (Å²) in [5.41, 5.74) is 6.27. The molecular formula is C24H28N4O. The number of hydrogen-bond acceptors (Lipinski definition) is 4. The quantitative estimate of drug-likeness (QED) is 0.446. The van der Waals surface area contributed by atoms with Gasteiger partial charge in [0, 0.05) is 17.6 Å². The number of benzene rings is 1. The Morgan fingerprint density at radius 2 is 1.93 bits per heavy atom. The Labute approximate surface area is 171 Å². The van der Waals surface area contributed by atoms with E-state index in [0.717, 1.165) is 46.3 Å². The van der Waals surface area contributed by atoms with Crippen LogP contribution in [0.2, 0.25) is 0 Å². The van der Waals surface area contributed by atoms with Crippen LogP contribution >= 0.6 is 0 Å². The van der Waals surface area contributed by atoms with Crippen LogP contribution in [0.4, 0.5) is 5.82 Å². The molecule has 0 bridgehead atoms. The molecule has 3 heterocycles. The first-order valence-electron chi connectivity index (χ1n) is 10.9. The van der Waals surface area contributed by atoms with Gasteiger partial charge in [0.15, 0.2) is 5.58 Å². The van der Waals surface area contributed by atoms with Crippen molar-refractivity contribution in [2.24, 2.45) is 0 Å². The lowest BCUT2D eigenvalue weighted by molar-refractivity contribution is 0.450. The molecule has 4 aromatic rings. The van der Waals surface area contributed by atoms with Crippen molar-refractivity contribution in [3.05, 3.63) is 47.9 Å². The summed E-state index contributed by atoms with van der Waals surface area (Å²) in [7, 11) is 0. The van der Waals surface area contributed by atoms with Crippen LogP contribution in [0.1, 0.15) is 56.8 Å². The Hall–Kier alpha value is -2.82. The highest BCUT2D eigenvalue weighted by Crippen LogP contribution is 2.30. The molecule has 5 rings (SSSR count). The molecule has 1 N–H and O–H groups in total. The SMILES string of the molecule is CCCc1nc2cc(-c3ccc4onc(C)c4c3)ccn2c1NC1CCCCC1. The standard InChI is InChI=1S/C24H28N4O/c1-3-7-21-24(25-19-8-5-4-6-9-19)28-13-12-18(15-23(28)26-21)17-10-11-22-20(14-17)16(2)27-29-22/h10-15,19,25H,3-9H2,1-2H3. The summed E-state index contributed by atoms with van der Waals surface area (Å²) < 4.78 is 7.58. The maximum Gasteiger partial charge on any atom is 0.167 e. The van der Waals surface area contributed by atoms with Crippen molar-refractivity contribution in [2.45, 2.75) is 64.8 Å². The third-order valence-electron chi connectivity index (χ3n) is 6.11. The largest absolute Gasteiger partial charge is 0.367 e. The van der Waals surface area contributed by atoms with Gasteiger partial charge >= 0.3 is 0 Å². The Morgan fingerprint density at radius 1 is 1.10 bits per heavy atom. The fourth-order valence-electron chi connectivity index (χ4n) is 4.52. The maximum absolute atomic E-state index is 5.35. The summed E-state index contributed by atoms with van der Waals surface area (Å²) in [6, 6.07) is 11.2. The van der Waals surface area contributed by atoms with E-state index in [1.54, 1.807) is 0 Å². The first-order valence-corrected chi connectivity index (χ1v) is 10.9. The van der Waals surface area contributed by atoms with Crippen LogP contribution in [0.3, 0.4) is 0 Å². The molecular weight excluding hydrogens is 360 g/mol. The van der Waals surface area contributed by atoms with Crippen molar-refractivity contribution in [2.75, 3.05) is 5.32 Å². The van der Waals surface area contributed by atoms with Gasteiger partial charge in [0.25, 0.3) is 0 Å². The molecule has 150 valence electrons. The van der Waals surface area contributed by atoms with Crippen molar-refractivity contribution < 1.29 is 4.52 Å². The number of fused-ring (bicyclic) bond motifs is 2. The van der Waals surface area contributed by atoms with E-state index in [9.17, 15) is 0 Å². The van der Waals surface area contributed by atoms with Gasteiger partial charge in [0.1, 0.15) is 11.5 Å². The van der Waals surface area contributed by atoms with Crippen molar-refractivity contribution in [3.8, 4) is 11.1 Å². The van der Waals surface area contributed by atoms with Crippen LogP contribution in [-0.2, 0) is 6.42 Å². The summed E-state index contributed by atoms with van der Waals surface area (Å²) >= 11 is 0. The van der Waals surface area contributed by atoms with Crippen molar-refractivity contribution >= 4 is 22.4 Å². The lowest BCUT2D eigenvalue weighted by atomic mass is 9.95. The zero-order valence-electron chi connectivity index (χ0n) is 17.2. The number of imidazole rings is 1. The summed E-state index contributed by atoms with van der Waals surface area (Å²) in [5.74, 6) is 1.19. The number of nitrogens with zero attached hydrogens (tertiary/aromatic N) is 3. The van der Waals surface area contributed by atoms with Crippen LogP contribution in [0.25, 0.3) is 27.7 Å². The average molecular weight is 389 g/mol. The zero-order chi connectivity index (χ0) is 19.8. The van der Waals surface area contributed by atoms with Crippen LogP contribution in [0.5, 0.6) is 0 Å². The van der Waals surface area contributed by atoms with Crippen LogP contribution < -0.4 is 5.32 Å². The van der Waals surface area contributed by atoms with E-state index in [1.165, 1.54) is 43.6 Å². The van der Waals surface area contributed by atoms with Crippen molar-refractivity contribution in [1.29, 1.82) is 0 Å². The average Bonchev–Trinajstić information content (AvgIpc) is 3.29. The highest BCUT2D eigenvalue weighted by atomic mass is 16.5. The zero-order valence-corrected chi connectivity index (χ0v) is 17.2. The smallest absolute Gasteiger partial charge is 0.167 e. The van der Waals surface area contributed by atoms with E-state index >= 15 is 0 Å². The third-order valence-corrected chi connectivity index (χ3v) is 6.11. The van der Waals surface area contributed by atoms with Crippen molar-refractivity contribution in [3.63, 3.8) is 0 Å². The molecule has 0 atom stereocenters. The lowest BCUT2D eigenvalue weighted by Gasteiger charge is -2.24. The van der Waals surface area contributed by atoms with Crippen LogP contribution in [0.15, 0.2) is 41.1 Å². The van der Waals surface area contributed by atoms with E-state index in [-0.39, 0.29) is 0 Å². The second-order valence-electron chi connectivity index (χ2n) is 8.26. The predicted molar refractivity (Wildman–Crippen MR) is 117 cm³/mol. The number of aromatic nitrogens is 3. The molecule has 0 aliphatic heterocycles. The second kappa shape index (κ2) is 7.54. The molecule has 0 spiro atoms. The molecule has 5 nitrogen and oxygen atoms in total. The molecule has 1 saturated carbocycles. The van der Waals surface area contributed by atoms with Gasteiger partial charge in [-0.05, 0) is 61.6 Å². The fraction of sp³-hybridized carbons (Fsp3) is 0.417. The van der Waals surface area contributed by atoms with E-state index < -0.39 is 0 Å². The van der Waals surface area contributed by atoms with Gasteiger partial charge in [-0.15, -0.1) is 0 Å². The highest BCUT2D eigenvalue weighted by molar-refractivity contribution is 5.85. The molecule has 1 aromatic carbocycles. The Kier molecular flexibility index (Phi) is 4.74. The van der Waals surface area contributed by atoms with Crippen LogP contribution in [0, 0.1) is 6.92 Å². The van der Waals surface area contributed by atoms with Gasteiger partial charge in [-0.3, -0.25) is 4.40 Å². The van der Waals surface area contributed by atoms with Gasteiger partial charge in [-0.2, -0.15) is 0 Å². The van der Waals surface area contributed by atoms with Crippen molar-refractivity contribution in [1.82, 2.24) is 14.5 Å². The summed E-state index contributed by atoms with van der Waals surface area (Å²) in [6.07, 6.45) is 10.8. The molecule has 3 aromatic heterocycles. The summed E-state index contributed by atoms with van der Waals surface area (Å²) in [5, 5.41) is 8.96. The lowest BCUT2D eigenvalue weighted by Crippen LogP contribution is -2.23. The molecule has 0 saturated heterocycles. The molecule has 0 radical (unpaired) electrons. The normalized spacial score (nSPS) is 15.4. The first-order chi connectivity index (χ1) is 14.2. The minimum absolute atomic E-state index is 0.568. The van der Waals surface area contributed by atoms with E-state index in [4.69, 9.17) is 9.51 Å². The number of rotatable bonds is 5. The Bertz CT molecular complexity index is 1150. The van der Waals surface area contributed by atoms with Crippen LogP contribution in [-0.4, -0.2) is 20.6 Å². The number of aryl methyl sites for hydroxylation is 2. The molecule has 1 aliphatic rings. The maximum atomic E-state index is 5.35. The second-order valence-corrected chi connectivity index (χ2v) is 8.26. The van der Waals surface area contributed by atoms with Gasteiger partial charge in [-0.1, -0.05) is 43.8 Å². The topological polar surface area (TPSA) is 55.4 Å². The third kappa shape index (κ3) is 3.39. The number of hydrogen-bond donors (Lipinski definition) is 1. The monoisotopic (exact) mass is 388 g/mol. The van der Waals surface area contributed by atoms with Gasteiger partial charge in [0.2, 0.25) is 0 Å². The fourth-order valence-corrected chi connectivity index (χ4v) is 4.52. The van der Waals surface area contributed by atoms with E-state index in [2.05, 4.69) is 52.3 Å². The Balaban J connectivity index is 1.54. The Morgan fingerprint density at radius 3 is 2.76 bits per heavy atom. The summed E-state index contributed by atoms with van der Waals surface area (Å²) in [6.45, 7) is 4.20. The molecule has 1 aliphatic carbocycles. The van der Waals surface area contributed by atoms with E-state index in [0.29, 0.717) is 6.04 Å². The molecule has 0 unspecified atom stereocenters. The van der Waals surface area contributed by atoms with E-state index in [1.807, 2.05) is 13.0 Å². The highest BCUT2D eigenvalue weighted by Gasteiger charge is 2.18. The summed E-state index contributed by atoms with van der Waals surface area (Å²) in [4.78, 5) is 4.99. The molecule has 1 fully saturated rings. The number of pyridine rings is 1. The molecule has 5 heteroatoms. The van der Waals surface area contributed by atoms with Gasteiger partial charge in [0.05, 0.1) is 11.4 Å².